The van der Waals surface area contributed by atoms with Crippen LogP contribution in [0.4, 0.5) is 5.69 Å². The first-order valence-electron chi connectivity index (χ1n) is 9.03. The van der Waals surface area contributed by atoms with E-state index < -0.39 is 18.5 Å². The van der Waals surface area contributed by atoms with Gasteiger partial charge in [0, 0.05) is 6.54 Å². The van der Waals surface area contributed by atoms with Crippen molar-refractivity contribution in [3.05, 3.63) is 59.7 Å². The van der Waals surface area contributed by atoms with Gasteiger partial charge in [0.15, 0.2) is 6.61 Å². The van der Waals surface area contributed by atoms with Crippen LogP contribution in [0.3, 0.4) is 0 Å². The van der Waals surface area contributed by atoms with Gasteiger partial charge in [-0.25, -0.2) is 0 Å². The highest BCUT2D eigenvalue weighted by atomic mass is 16.5. The van der Waals surface area contributed by atoms with Gasteiger partial charge < -0.3 is 14.8 Å². The van der Waals surface area contributed by atoms with E-state index in [2.05, 4.69) is 5.32 Å². The van der Waals surface area contributed by atoms with Crippen molar-refractivity contribution in [1.29, 1.82) is 0 Å². The second kappa shape index (κ2) is 9.03. The number of rotatable bonds is 6. The second-order valence-corrected chi connectivity index (χ2v) is 6.41. The molecule has 0 spiro atoms. The van der Waals surface area contributed by atoms with Crippen LogP contribution >= 0.6 is 0 Å². The van der Waals surface area contributed by atoms with Crippen LogP contribution in [0.5, 0.6) is 5.75 Å². The molecule has 0 fully saturated rings. The van der Waals surface area contributed by atoms with Crippen molar-refractivity contribution in [2.45, 2.75) is 19.9 Å². The van der Waals surface area contributed by atoms with Crippen LogP contribution < -0.4 is 15.0 Å². The van der Waals surface area contributed by atoms with Crippen molar-refractivity contribution in [1.82, 2.24) is 5.32 Å². The van der Waals surface area contributed by atoms with Crippen LogP contribution in [0.2, 0.25) is 0 Å². The van der Waals surface area contributed by atoms with E-state index in [1.165, 1.54) is 4.90 Å². The lowest BCUT2D eigenvalue weighted by atomic mass is 10.1. The Bertz CT molecular complexity index is 881. The molecule has 0 atom stereocenters. The minimum Gasteiger partial charge on any atom is -0.491 e. The van der Waals surface area contributed by atoms with E-state index in [0.717, 1.165) is 11.1 Å². The molecule has 0 saturated carbocycles. The predicted molar refractivity (Wildman–Crippen MR) is 103 cm³/mol. The summed E-state index contributed by atoms with van der Waals surface area (Å²) in [5.74, 6) is -0.748. The van der Waals surface area contributed by atoms with E-state index in [1.54, 1.807) is 24.3 Å². The summed E-state index contributed by atoms with van der Waals surface area (Å²) in [5.41, 5.74) is 2.58. The molecule has 146 valence electrons. The fraction of sp³-hybridized carbons (Fsp3) is 0.286. The summed E-state index contributed by atoms with van der Waals surface area (Å²) in [7, 11) is 0. The molecule has 2 aromatic rings. The third kappa shape index (κ3) is 4.88. The zero-order valence-electron chi connectivity index (χ0n) is 15.6. The lowest BCUT2D eigenvalue weighted by molar-refractivity contribution is -0.147. The minimum atomic E-state index is -0.656. The monoisotopic (exact) mass is 382 g/mol. The number of fused-ring (bicyclic) bond motifs is 1. The quantitative estimate of drug-likeness (QED) is 0.772. The molecular formula is C21H22N2O5. The average Bonchev–Trinajstić information content (AvgIpc) is 2.85. The van der Waals surface area contributed by atoms with Crippen molar-refractivity contribution in [2.75, 3.05) is 24.7 Å². The normalized spacial score (nSPS) is 13.2. The maximum atomic E-state index is 12.3. The number of hydrogen-bond donors (Lipinski definition) is 1. The molecule has 0 aromatic heterocycles. The fourth-order valence-electron chi connectivity index (χ4n) is 2.87. The van der Waals surface area contributed by atoms with Crippen LogP contribution in [-0.4, -0.2) is 37.5 Å². The molecule has 28 heavy (non-hydrogen) atoms. The lowest BCUT2D eigenvalue weighted by Gasteiger charge is -2.20. The standard InChI is InChI=1S/C21H22N2O5/c1-15-6-2-3-7-16(15)12-22-19(24)14-28-21(26)13-23-17-8-4-5-9-18(17)27-11-10-20(23)25/h2-9H,10-14H2,1H3,(H,22,24). The van der Waals surface area contributed by atoms with Gasteiger partial charge in [-0.1, -0.05) is 36.4 Å². The molecule has 1 heterocycles. The maximum Gasteiger partial charge on any atom is 0.326 e. The molecule has 7 heteroatoms. The van der Waals surface area contributed by atoms with Crippen LogP contribution in [0, 0.1) is 6.92 Å². The van der Waals surface area contributed by atoms with Crippen LogP contribution in [-0.2, 0) is 25.7 Å². The largest absolute Gasteiger partial charge is 0.491 e. The van der Waals surface area contributed by atoms with Gasteiger partial charge in [-0.05, 0) is 30.2 Å². The Kier molecular flexibility index (Phi) is 6.26. The molecule has 0 aliphatic carbocycles. The van der Waals surface area contributed by atoms with Gasteiger partial charge in [0.05, 0.1) is 18.7 Å². The highest BCUT2D eigenvalue weighted by Gasteiger charge is 2.25. The molecule has 0 bridgehead atoms. The van der Waals surface area contributed by atoms with Crippen LogP contribution in [0.25, 0.3) is 0 Å². The highest BCUT2D eigenvalue weighted by Crippen LogP contribution is 2.30. The number of esters is 1. The topological polar surface area (TPSA) is 84.9 Å². The van der Waals surface area contributed by atoms with E-state index in [4.69, 9.17) is 9.47 Å². The molecule has 1 N–H and O–H groups in total. The van der Waals surface area contributed by atoms with Gasteiger partial charge >= 0.3 is 5.97 Å². The first-order valence-corrected chi connectivity index (χ1v) is 9.03. The molecule has 0 saturated heterocycles. The summed E-state index contributed by atoms with van der Waals surface area (Å²) >= 11 is 0. The number of benzene rings is 2. The molecule has 2 aromatic carbocycles. The zero-order chi connectivity index (χ0) is 19.9. The summed E-state index contributed by atoms with van der Waals surface area (Å²) in [5, 5.41) is 2.72. The first kappa shape index (κ1) is 19.4. The number of nitrogens with one attached hydrogen (secondary N) is 1. The van der Waals surface area contributed by atoms with Gasteiger partial charge in [0.2, 0.25) is 5.91 Å². The molecule has 3 rings (SSSR count). The smallest absolute Gasteiger partial charge is 0.326 e. The third-order valence-corrected chi connectivity index (χ3v) is 4.42. The van der Waals surface area contributed by atoms with Crippen LogP contribution in [0.15, 0.2) is 48.5 Å². The van der Waals surface area contributed by atoms with E-state index in [9.17, 15) is 14.4 Å². The van der Waals surface area contributed by atoms with Crippen molar-refractivity contribution >= 4 is 23.5 Å². The van der Waals surface area contributed by atoms with E-state index in [1.807, 2.05) is 31.2 Å². The molecule has 1 aliphatic rings. The molecule has 7 nitrogen and oxygen atoms in total. The minimum absolute atomic E-state index is 0.166. The number of anilines is 1. The predicted octanol–water partition coefficient (Wildman–Crippen LogP) is 1.97. The van der Waals surface area contributed by atoms with Crippen molar-refractivity contribution < 1.29 is 23.9 Å². The number of carbonyl (C=O) groups is 3. The Morgan fingerprint density at radius 1 is 1.14 bits per heavy atom. The summed E-state index contributed by atoms with van der Waals surface area (Å²) in [6.07, 6.45) is 0.166. The number of amides is 2. The molecule has 0 radical (unpaired) electrons. The van der Waals surface area contributed by atoms with Crippen molar-refractivity contribution in [3.8, 4) is 5.75 Å². The zero-order valence-corrected chi connectivity index (χ0v) is 15.6. The molecular weight excluding hydrogens is 360 g/mol. The Labute approximate surface area is 163 Å². The molecule has 0 unspecified atom stereocenters. The SMILES string of the molecule is Cc1ccccc1CNC(=O)COC(=O)CN1C(=O)CCOc2ccccc21. The fourth-order valence-corrected chi connectivity index (χ4v) is 2.87. The van der Waals surface area contributed by atoms with E-state index in [0.29, 0.717) is 18.0 Å². The van der Waals surface area contributed by atoms with Gasteiger partial charge in [-0.15, -0.1) is 0 Å². The first-order chi connectivity index (χ1) is 13.5. The highest BCUT2D eigenvalue weighted by molar-refractivity contribution is 5.99. The van der Waals surface area contributed by atoms with E-state index in [-0.39, 0.29) is 25.5 Å². The summed E-state index contributed by atoms with van der Waals surface area (Å²) in [4.78, 5) is 37.8. The number of para-hydroxylation sites is 2. The number of carbonyl (C=O) groups excluding carboxylic acids is 3. The molecule has 1 aliphatic heterocycles. The number of aryl methyl sites for hydroxylation is 1. The van der Waals surface area contributed by atoms with E-state index >= 15 is 0 Å². The summed E-state index contributed by atoms with van der Waals surface area (Å²) in [6, 6.07) is 14.7. The van der Waals surface area contributed by atoms with Crippen molar-refractivity contribution in [2.24, 2.45) is 0 Å². The third-order valence-electron chi connectivity index (χ3n) is 4.42. The lowest BCUT2D eigenvalue weighted by Crippen LogP contribution is -2.37. The van der Waals surface area contributed by atoms with Gasteiger partial charge in [0.25, 0.3) is 5.91 Å². The number of nitrogens with zero attached hydrogens (tertiary/aromatic N) is 1. The summed E-state index contributed by atoms with van der Waals surface area (Å²) in [6.45, 7) is 1.90. The maximum absolute atomic E-state index is 12.3. The van der Waals surface area contributed by atoms with Crippen molar-refractivity contribution in [3.63, 3.8) is 0 Å². The summed E-state index contributed by atoms with van der Waals surface area (Å²) < 4.78 is 10.6. The Balaban J connectivity index is 1.52. The van der Waals surface area contributed by atoms with Gasteiger partial charge in [-0.2, -0.15) is 0 Å². The Morgan fingerprint density at radius 3 is 2.71 bits per heavy atom. The number of hydrogen-bond acceptors (Lipinski definition) is 5. The van der Waals surface area contributed by atoms with Gasteiger partial charge in [0.1, 0.15) is 12.3 Å². The Morgan fingerprint density at radius 2 is 1.89 bits per heavy atom. The average molecular weight is 382 g/mol. The number of ether oxygens (including phenoxy) is 2. The molecule has 2 amide bonds. The van der Waals surface area contributed by atoms with Gasteiger partial charge in [-0.3, -0.25) is 19.3 Å². The Hall–Kier alpha value is -3.35. The second-order valence-electron chi connectivity index (χ2n) is 6.41. The van der Waals surface area contributed by atoms with Crippen LogP contribution in [0.1, 0.15) is 17.5 Å².